The van der Waals surface area contributed by atoms with Crippen LogP contribution in [0.25, 0.3) is 22.5 Å². The van der Waals surface area contributed by atoms with Crippen LogP contribution >= 0.6 is 12.4 Å². The number of amides is 9. The second kappa shape index (κ2) is 26.5. The van der Waals surface area contributed by atoms with Crippen molar-refractivity contribution in [2.75, 3.05) is 50.0 Å². The number of benzene rings is 2. The Balaban J connectivity index is 0.000000187. The van der Waals surface area contributed by atoms with Gasteiger partial charge in [-0.1, -0.05) is 50.7 Å². The second-order valence-corrected chi connectivity index (χ2v) is 25.1. The van der Waals surface area contributed by atoms with Crippen LogP contribution in [0.1, 0.15) is 170 Å². The first-order valence-corrected chi connectivity index (χ1v) is 30.6. The fourth-order valence-corrected chi connectivity index (χ4v) is 12.5. The van der Waals surface area contributed by atoms with E-state index in [1.807, 2.05) is 45.0 Å². The molecule has 21 heteroatoms. The van der Waals surface area contributed by atoms with E-state index in [4.69, 9.17) is 24.2 Å². The van der Waals surface area contributed by atoms with E-state index in [1.165, 1.54) is 29.1 Å². The number of phenolic OH excluding ortho intramolecular Hbond substituents is 2. The number of urea groups is 4. The quantitative estimate of drug-likeness (QED) is 0.0698. The molecule has 9 amide bonds. The van der Waals surface area contributed by atoms with E-state index in [0.29, 0.717) is 83.8 Å². The Morgan fingerprint density at radius 2 is 1.11 bits per heavy atom. The number of aromatic nitrogens is 2. The first kappa shape index (κ1) is 60.1. The van der Waals surface area contributed by atoms with Crippen molar-refractivity contribution in [2.45, 2.75) is 179 Å². The van der Waals surface area contributed by atoms with Gasteiger partial charge in [0, 0.05) is 48.8 Å². The fourth-order valence-electron chi connectivity index (χ4n) is 12.5. The maximum Gasteiger partial charge on any atom is 0.410 e. The van der Waals surface area contributed by atoms with Crippen molar-refractivity contribution in [3.8, 4) is 45.5 Å². The lowest BCUT2D eigenvalue weighted by atomic mass is 9.86. The first-order chi connectivity index (χ1) is 40.1. The average Bonchev–Trinajstić information content (AvgIpc) is 2.14. The van der Waals surface area contributed by atoms with Crippen molar-refractivity contribution in [2.24, 2.45) is 11.8 Å². The molecular formula is C63H83ClN10O10. The maximum absolute atomic E-state index is 13.4. The number of carbonyl (C=O) groups excluding carboxylic acids is 5. The Bertz CT molecular complexity index is 3060. The van der Waals surface area contributed by atoms with Gasteiger partial charge in [0.1, 0.15) is 40.2 Å². The van der Waals surface area contributed by atoms with E-state index in [9.17, 15) is 34.2 Å². The van der Waals surface area contributed by atoms with Crippen LogP contribution < -0.4 is 36.1 Å². The molecular weight excluding hydrogens is 1090 g/mol. The smallest absolute Gasteiger partial charge is 0.410 e. The number of fused-ring (bicyclic) bond motifs is 2. The average molecular weight is 1180 g/mol. The summed E-state index contributed by atoms with van der Waals surface area (Å²) in [4.78, 5) is 79.9. The third-order valence-corrected chi connectivity index (χ3v) is 17.4. The van der Waals surface area contributed by atoms with Crippen molar-refractivity contribution >= 4 is 54.3 Å². The molecule has 2 atom stereocenters. The lowest BCUT2D eigenvalue weighted by Crippen LogP contribution is -2.51. The van der Waals surface area contributed by atoms with Gasteiger partial charge in [-0.15, -0.1) is 12.4 Å². The number of rotatable bonds is 12. The largest absolute Gasteiger partial charge is 0.507 e. The third-order valence-electron chi connectivity index (χ3n) is 17.4. The van der Waals surface area contributed by atoms with Crippen LogP contribution in [0.2, 0.25) is 0 Å². The summed E-state index contributed by atoms with van der Waals surface area (Å²) >= 11 is 0. The highest BCUT2D eigenvalue weighted by Gasteiger charge is 2.39. The molecule has 4 aliphatic carbocycles. The van der Waals surface area contributed by atoms with Crippen LogP contribution in [0.15, 0.2) is 48.5 Å². The number of nitrogens with zero attached hydrogens (tertiary/aromatic N) is 5. The number of halogens is 1. The molecule has 7 N–H and O–H groups in total. The van der Waals surface area contributed by atoms with Gasteiger partial charge in [-0.05, 0) is 170 Å². The number of pyridine rings is 2. The predicted octanol–water partition coefficient (Wildman–Crippen LogP) is 12.3. The van der Waals surface area contributed by atoms with E-state index < -0.39 is 23.7 Å². The monoisotopic (exact) mass is 1170 g/mol. The molecule has 6 fully saturated rings. The van der Waals surface area contributed by atoms with Crippen molar-refractivity contribution in [1.29, 1.82) is 0 Å². The Morgan fingerprint density at radius 1 is 0.631 bits per heavy atom. The zero-order valence-electron chi connectivity index (χ0n) is 48.8. The molecule has 452 valence electrons. The SMILES string of the molecule is CC(C)(C)OC(=O)N1CCCC(c2cc(-c3c(O)cccc3OCC3CC3)nc3c2CN(C(=O)NC2CCCCC2)C(=O)N3)C1.Cl.O=C1Nc2nc(-c3c(O)cccc3OCC3CC3)cc(C3CCCNC3)c2CN1C(=O)NC1CCCCC1. The van der Waals surface area contributed by atoms with Gasteiger partial charge in [-0.3, -0.25) is 10.6 Å². The molecule has 84 heavy (non-hydrogen) atoms. The molecule has 0 bridgehead atoms. The van der Waals surface area contributed by atoms with Crippen molar-refractivity contribution in [3.05, 3.63) is 70.8 Å². The van der Waals surface area contributed by atoms with Gasteiger partial charge in [-0.2, -0.15) is 0 Å². The van der Waals surface area contributed by atoms with Crippen molar-refractivity contribution in [3.63, 3.8) is 0 Å². The van der Waals surface area contributed by atoms with Gasteiger partial charge >= 0.3 is 30.2 Å². The number of anilines is 2. The van der Waals surface area contributed by atoms with Crippen molar-refractivity contribution < 1.29 is 48.4 Å². The van der Waals surface area contributed by atoms with E-state index in [1.54, 1.807) is 29.2 Å². The number of imide groups is 2. The summed E-state index contributed by atoms with van der Waals surface area (Å²) in [6.07, 6.45) is 18.2. The van der Waals surface area contributed by atoms with Gasteiger partial charge in [0.05, 0.1) is 48.8 Å². The van der Waals surface area contributed by atoms with Crippen LogP contribution in [0.3, 0.4) is 0 Å². The van der Waals surface area contributed by atoms with E-state index in [-0.39, 0.29) is 73.0 Å². The molecule has 6 heterocycles. The number of carbonyl (C=O) groups is 5. The van der Waals surface area contributed by atoms with Crippen molar-refractivity contribution in [1.82, 2.24) is 40.6 Å². The first-order valence-electron chi connectivity index (χ1n) is 30.6. The topological polar surface area (TPSA) is 249 Å². The minimum Gasteiger partial charge on any atom is -0.507 e. The lowest BCUT2D eigenvalue weighted by Gasteiger charge is -2.37. The molecule has 4 aliphatic heterocycles. The molecule has 20 nitrogen and oxygen atoms in total. The molecule has 4 saturated carbocycles. The summed E-state index contributed by atoms with van der Waals surface area (Å²) in [6, 6.07) is 12.7. The molecule has 4 aromatic rings. The Labute approximate surface area is 498 Å². The van der Waals surface area contributed by atoms with E-state index in [0.717, 1.165) is 132 Å². The fraction of sp³-hybridized carbons (Fsp3) is 0.571. The number of hydrogen-bond donors (Lipinski definition) is 7. The number of piperidine rings is 2. The number of aromatic hydroxyl groups is 2. The summed E-state index contributed by atoms with van der Waals surface area (Å²) < 4.78 is 17.9. The summed E-state index contributed by atoms with van der Waals surface area (Å²) in [6.45, 7) is 9.73. The van der Waals surface area contributed by atoms with Crippen LogP contribution in [0.4, 0.5) is 35.6 Å². The zero-order chi connectivity index (χ0) is 57.8. The van der Waals surface area contributed by atoms with Crippen LogP contribution in [0.5, 0.6) is 23.0 Å². The van der Waals surface area contributed by atoms with Gasteiger partial charge in [0.15, 0.2) is 0 Å². The number of hydrogen-bond acceptors (Lipinski definition) is 13. The summed E-state index contributed by atoms with van der Waals surface area (Å²) in [5.41, 5.74) is 4.89. The number of phenols is 2. The minimum atomic E-state index is -0.620. The van der Waals surface area contributed by atoms with Gasteiger partial charge < -0.3 is 45.3 Å². The van der Waals surface area contributed by atoms with Gasteiger partial charge in [0.2, 0.25) is 0 Å². The van der Waals surface area contributed by atoms with Crippen LogP contribution in [-0.2, 0) is 17.8 Å². The number of nitrogens with one attached hydrogen (secondary N) is 5. The molecule has 12 rings (SSSR count). The highest BCUT2D eigenvalue weighted by molar-refractivity contribution is 6.03. The highest BCUT2D eigenvalue weighted by Crippen LogP contribution is 2.45. The van der Waals surface area contributed by atoms with E-state index >= 15 is 0 Å². The Morgan fingerprint density at radius 3 is 1.56 bits per heavy atom. The molecule has 2 unspecified atom stereocenters. The minimum absolute atomic E-state index is 0. The van der Waals surface area contributed by atoms with Crippen LogP contribution in [0, 0.1) is 11.8 Å². The predicted molar refractivity (Wildman–Crippen MR) is 321 cm³/mol. The third kappa shape index (κ3) is 14.5. The molecule has 2 saturated heterocycles. The van der Waals surface area contributed by atoms with Gasteiger partial charge in [0.25, 0.3) is 0 Å². The zero-order valence-corrected chi connectivity index (χ0v) is 49.6. The maximum atomic E-state index is 13.4. The Kier molecular flexibility index (Phi) is 18.9. The highest BCUT2D eigenvalue weighted by atomic mass is 35.5. The molecule has 2 aromatic heterocycles. The summed E-state index contributed by atoms with van der Waals surface area (Å²) in [5.74, 6) is 3.20. The van der Waals surface area contributed by atoms with E-state index in [2.05, 4.69) is 26.6 Å². The Hall–Kier alpha value is -7.06. The normalized spacial score (nSPS) is 21.0. The lowest BCUT2D eigenvalue weighted by molar-refractivity contribution is 0.0198. The summed E-state index contributed by atoms with van der Waals surface area (Å²) in [5, 5.41) is 37.3. The molecule has 8 aliphatic rings. The molecule has 2 aromatic carbocycles. The number of likely N-dealkylation sites (tertiary alicyclic amines) is 1. The van der Waals surface area contributed by atoms with Crippen LogP contribution in [-0.4, -0.2) is 122 Å². The molecule has 0 radical (unpaired) electrons. The standard InChI is InChI=1S/C34H45N5O6.C29H37N5O4.ClH/c1-34(2,3)45-33(43)38-16-8-9-22(18-38)24-17-26(29-27(40)12-7-13-28(29)44-20-21-14-15-21)36-30-25(24)19-39(32(42)37-30)31(41)35-23-10-5-4-6-11-23;35-24-9-4-10-25(38-17-18-11-12-18)26(24)23-14-21(19-6-5-13-30-15-19)22-16-34(29(37)33-27(22)32-23)28(36)31-20-7-2-1-3-8-20;/h7,12-13,17,21-23,40H,4-6,8-11,14-16,18-20H2,1-3H3,(H,35,41)(H,36,37,42);4,9-10,14,18-20,30,35H,1-3,5-8,11-13,15-17H2,(H,31,36)(H,32,33,37);1H. The number of ether oxygens (including phenoxy) is 3. The summed E-state index contributed by atoms with van der Waals surface area (Å²) in [7, 11) is 0. The second-order valence-electron chi connectivity index (χ2n) is 25.1. The molecule has 0 spiro atoms. The van der Waals surface area contributed by atoms with Gasteiger partial charge in [-0.25, -0.2) is 43.7 Å².